The Labute approximate surface area is 185 Å². The van der Waals surface area contributed by atoms with Gasteiger partial charge in [0.1, 0.15) is 0 Å². The molecule has 0 aliphatic carbocycles. The highest BCUT2D eigenvalue weighted by Gasteiger charge is 2.21. The maximum atomic E-state index is 14.4. The molecular weight excluding hydrogens is 417 g/mol. The monoisotopic (exact) mass is 439 g/mol. The molecule has 1 aromatic heterocycles. The molecule has 1 atom stereocenters. The average Bonchev–Trinajstić information content (AvgIpc) is 2.72. The second-order valence-corrected chi connectivity index (χ2v) is 8.13. The van der Waals surface area contributed by atoms with Crippen molar-refractivity contribution >= 4 is 17.4 Å². The Morgan fingerprint density at radius 3 is 2.68 bits per heavy atom. The first kappa shape index (κ1) is 21.3. The van der Waals surface area contributed by atoms with Crippen molar-refractivity contribution in [2.75, 3.05) is 6.61 Å². The Morgan fingerprint density at radius 1 is 1.13 bits per heavy atom. The molecule has 0 saturated carbocycles. The van der Waals surface area contributed by atoms with Crippen molar-refractivity contribution in [1.82, 2.24) is 10.5 Å². The zero-order valence-corrected chi connectivity index (χ0v) is 18.3. The summed E-state index contributed by atoms with van der Waals surface area (Å²) in [5.41, 5.74) is 7.93. The van der Waals surface area contributed by atoms with E-state index in [0.29, 0.717) is 23.8 Å². The largest absolute Gasteiger partial charge is 0.452 e. The number of pyridine rings is 1. The molecule has 160 valence electrons. The van der Waals surface area contributed by atoms with E-state index in [1.807, 2.05) is 13.0 Å². The fourth-order valence-corrected chi connectivity index (χ4v) is 3.80. The van der Waals surface area contributed by atoms with Gasteiger partial charge in [0.05, 0.1) is 29.4 Å². The second-order valence-electron chi connectivity index (χ2n) is 7.72. The third kappa shape index (κ3) is 5.03. The lowest BCUT2D eigenvalue weighted by Crippen LogP contribution is -2.37. The first-order valence-corrected chi connectivity index (χ1v) is 10.4. The van der Waals surface area contributed by atoms with Crippen LogP contribution in [0.15, 0.2) is 53.7 Å². The van der Waals surface area contributed by atoms with Crippen molar-refractivity contribution in [2.45, 2.75) is 33.2 Å². The highest BCUT2D eigenvalue weighted by Crippen LogP contribution is 2.31. The highest BCUT2D eigenvalue weighted by atomic mass is 35.5. The molecule has 2 aromatic carbocycles. The van der Waals surface area contributed by atoms with E-state index in [0.717, 1.165) is 12.1 Å². The van der Waals surface area contributed by atoms with Crippen molar-refractivity contribution < 1.29 is 14.0 Å². The number of nitrogens with zero attached hydrogens (tertiary/aromatic N) is 2. The smallest absolute Gasteiger partial charge is 0.184 e. The SMILES string of the molecule is Cc1cc(C)cc(CC2CONC(c3cc(C)ncc3Oc3cccc(Cl)c3F)=N2)c1. The number of halogens is 2. The maximum absolute atomic E-state index is 14.4. The molecule has 3 aromatic rings. The van der Waals surface area contributed by atoms with Crippen LogP contribution in [0, 0.1) is 26.6 Å². The summed E-state index contributed by atoms with van der Waals surface area (Å²) in [5.74, 6) is 0.263. The van der Waals surface area contributed by atoms with Gasteiger partial charge >= 0.3 is 0 Å². The fourth-order valence-electron chi connectivity index (χ4n) is 3.64. The van der Waals surface area contributed by atoms with Gasteiger partial charge in [0.15, 0.2) is 23.2 Å². The third-order valence-electron chi connectivity index (χ3n) is 4.90. The Bertz CT molecular complexity index is 1130. The lowest BCUT2D eigenvalue weighted by Gasteiger charge is -2.23. The molecule has 5 nitrogen and oxygen atoms in total. The Balaban J connectivity index is 1.64. The van der Waals surface area contributed by atoms with Gasteiger partial charge in [-0.2, -0.15) is 0 Å². The molecule has 1 aliphatic heterocycles. The number of nitrogens with one attached hydrogen (secondary N) is 1. The molecule has 31 heavy (non-hydrogen) atoms. The van der Waals surface area contributed by atoms with E-state index >= 15 is 0 Å². The topological polar surface area (TPSA) is 55.7 Å². The van der Waals surface area contributed by atoms with E-state index in [-0.39, 0.29) is 16.8 Å². The van der Waals surface area contributed by atoms with Gasteiger partial charge in [-0.25, -0.2) is 9.87 Å². The van der Waals surface area contributed by atoms with Crippen LogP contribution in [0.2, 0.25) is 5.02 Å². The average molecular weight is 440 g/mol. The lowest BCUT2D eigenvalue weighted by atomic mass is 10.0. The van der Waals surface area contributed by atoms with Crippen LogP contribution in [-0.2, 0) is 11.3 Å². The van der Waals surface area contributed by atoms with Gasteiger partial charge in [-0.3, -0.25) is 14.8 Å². The van der Waals surface area contributed by atoms with E-state index < -0.39 is 5.82 Å². The van der Waals surface area contributed by atoms with Crippen LogP contribution in [0.3, 0.4) is 0 Å². The lowest BCUT2D eigenvalue weighted by molar-refractivity contribution is 0.0623. The quantitative estimate of drug-likeness (QED) is 0.571. The molecule has 1 unspecified atom stereocenters. The van der Waals surface area contributed by atoms with Crippen molar-refractivity contribution in [3.63, 3.8) is 0 Å². The molecule has 4 rings (SSSR count). The standard InChI is InChI=1S/C24H23ClFN3O2/c1-14-7-15(2)9-17(8-14)11-18-13-30-29-24(28-18)19-10-16(3)27-12-22(19)31-21-6-4-5-20(25)23(21)26/h4-10,12,18H,11,13H2,1-3H3,(H,28,29). The van der Waals surface area contributed by atoms with E-state index in [1.54, 1.807) is 12.3 Å². The zero-order valence-electron chi connectivity index (χ0n) is 17.6. The molecular formula is C24H23ClFN3O2. The molecule has 0 amide bonds. The van der Waals surface area contributed by atoms with Gasteiger partial charge in [0.25, 0.3) is 0 Å². The molecule has 0 radical (unpaired) electrons. The minimum Gasteiger partial charge on any atom is -0.452 e. The molecule has 0 spiro atoms. The Morgan fingerprint density at radius 2 is 1.90 bits per heavy atom. The molecule has 0 bridgehead atoms. The fraction of sp³-hybridized carbons (Fsp3) is 0.250. The van der Waals surface area contributed by atoms with Crippen molar-refractivity contribution in [2.24, 2.45) is 4.99 Å². The molecule has 0 fully saturated rings. The summed E-state index contributed by atoms with van der Waals surface area (Å²) in [6.07, 6.45) is 2.29. The number of hydrogen-bond acceptors (Lipinski definition) is 5. The van der Waals surface area contributed by atoms with E-state index in [1.165, 1.54) is 28.8 Å². The van der Waals surface area contributed by atoms with Crippen molar-refractivity contribution in [3.8, 4) is 11.5 Å². The molecule has 1 N–H and O–H groups in total. The first-order chi connectivity index (χ1) is 14.9. The summed E-state index contributed by atoms with van der Waals surface area (Å²) in [4.78, 5) is 14.7. The van der Waals surface area contributed by atoms with Crippen molar-refractivity contribution in [3.05, 3.63) is 87.4 Å². The highest BCUT2D eigenvalue weighted by molar-refractivity contribution is 6.30. The normalized spacial score (nSPS) is 15.9. The Hall–Kier alpha value is -2.96. The van der Waals surface area contributed by atoms with E-state index in [9.17, 15) is 4.39 Å². The van der Waals surface area contributed by atoms with Crippen LogP contribution in [0.1, 0.15) is 27.9 Å². The van der Waals surface area contributed by atoms with E-state index in [2.05, 4.69) is 42.5 Å². The summed E-state index contributed by atoms with van der Waals surface area (Å²) in [7, 11) is 0. The predicted molar refractivity (Wildman–Crippen MR) is 119 cm³/mol. The number of amidine groups is 1. The van der Waals surface area contributed by atoms with Crippen LogP contribution in [0.4, 0.5) is 4.39 Å². The number of hydroxylamine groups is 1. The predicted octanol–water partition coefficient (Wildman–Crippen LogP) is 5.48. The maximum Gasteiger partial charge on any atom is 0.184 e. The van der Waals surface area contributed by atoms with Crippen LogP contribution in [0.5, 0.6) is 11.5 Å². The summed E-state index contributed by atoms with van der Waals surface area (Å²) < 4.78 is 20.2. The van der Waals surface area contributed by atoms with Gasteiger partial charge < -0.3 is 4.74 Å². The Kier molecular flexibility index (Phi) is 6.20. The van der Waals surface area contributed by atoms with Crippen molar-refractivity contribution in [1.29, 1.82) is 0 Å². The van der Waals surface area contributed by atoms with Crippen LogP contribution in [0.25, 0.3) is 0 Å². The second kappa shape index (κ2) is 9.04. The number of ether oxygens (including phenoxy) is 1. The first-order valence-electron chi connectivity index (χ1n) is 10.0. The summed E-state index contributed by atoms with van der Waals surface area (Å²) >= 11 is 5.89. The summed E-state index contributed by atoms with van der Waals surface area (Å²) in [6, 6.07) is 12.8. The van der Waals surface area contributed by atoms with Gasteiger partial charge in [0, 0.05) is 5.69 Å². The summed E-state index contributed by atoms with van der Waals surface area (Å²) in [6.45, 7) is 6.48. The van der Waals surface area contributed by atoms with E-state index in [4.69, 9.17) is 26.2 Å². The third-order valence-corrected chi connectivity index (χ3v) is 5.20. The van der Waals surface area contributed by atoms with Crippen LogP contribution < -0.4 is 10.2 Å². The minimum absolute atomic E-state index is 0.0101. The summed E-state index contributed by atoms with van der Waals surface area (Å²) in [5, 5.41) is -0.0101. The van der Waals surface area contributed by atoms with Gasteiger partial charge in [0.2, 0.25) is 0 Å². The number of aromatic nitrogens is 1. The van der Waals surface area contributed by atoms with Crippen LogP contribution in [-0.4, -0.2) is 23.5 Å². The number of benzene rings is 2. The van der Waals surface area contributed by atoms with Gasteiger partial charge in [-0.05, 0) is 51.0 Å². The molecule has 0 saturated heterocycles. The number of aliphatic imine (C=N–C) groups is 1. The number of hydrogen-bond donors (Lipinski definition) is 1. The van der Waals surface area contributed by atoms with Gasteiger partial charge in [-0.15, -0.1) is 0 Å². The zero-order chi connectivity index (χ0) is 22.0. The molecule has 7 heteroatoms. The van der Waals surface area contributed by atoms with Crippen LogP contribution >= 0.6 is 11.6 Å². The molecule has 2 heterocycles. The molecule has 1 aliphatic rings. The number of aryl methyl sites for hydroxylation is 3. The minimum atomic E-state index is -0.627. The van der Waals surface area contributed by atoms with Gasteiger partial charge in [-0.1, -0.05) is 47.0 Å². The number of rotatable bonds is 5.